The average Bonchev–Trinajstić information content (AvgIpc) is 2.50. The highest BCUT2D eigenvalue weighted by atomic mass is 16.5. The van der Waals surface area contributed by atoms with Crippen LogP contribution in [0.2, 0.25) is 0 Å². The van der Waals surface area contributed by atoms with Gasteiger partial charge in [-0.1, -0.05) is 0 Å². The molecule has 0 fully saturated rings. The van der Waals surface area contributed by atoms with Crippen LogP contribution in [0, 0.1) is 11.3 Å². The topological polar surface area (TPSA) is 142 Å². The van der Waals surface area contributed by atoms with Gasteiger partial charge in [-0.2, -0.15) is 10.1 Å². The maximum atomic E-state index is 12.1. The van der Waals surface area contributed by atoms with Crippen molar-refractivity contribution in [2.75, 3.05) is 7.11 Å². The molecular weight excluding hydrogens is 304 g/mol. The molecule has 9 heteroatoms. The van der Waals surface area contributed by atoms with Gasteiger partial charge in [0.05, 0.1) is 12.5 Å². The fourth-order valence-corrected chi connectivity index (χ4v) is 1.51. The summed E-state index contributed by atoms with van der Waals surface area (Å²) in [5, 5.41) is 11.0. The second-order valence-corrected chi connectivity index (χ2v) is 4.80. The number of carbonyl (C=O) groups is 3. The highest BCUT2D eigenvalue weighted by molar-refractivity contribution is 6.25. The highest BCUT2D eigenvalue weighted by Crippen LogP contribution is 2.06. The molecule has 0 saturated carbocycles. The highest BCUT2D eigenvalue weighted by Gasteiger charge is 2.26. The Morgan fingerprint density at radius 2 is 2.04 bits per heavy atom. The molecule has 0 saturated heterocycles. The summed E-state index contributed by atoms with van der Waals surface area (Å²) >= 11 is 0. The van der Waals surface area contributed by atoms with Gasteiger partial charge in [-0.15, -0.1) is 0 Å². The maximum Gasteiger partial charge on any atom is 0.328 e. The molecule has 0 radical (unpaired) electrons. The number of amides is 1. The van der Waals surface area contributed by atoms with E-state index in [-0.39, 0.29) is 19.3 Å². The van der Waals surface area contributed by atoms with Crippen molar-refractivity contribution in [2.45, 2.75) is 51.4 Å². The summed E-state index contributed by atoms with van der Waals surface area (Å²) in [5.41, 5.74) is 8.28. The van der Waals surface area contributed by atoms with Gasteiger partial charge in [0.2, 0.25) is 11.7 Å². The Morgan fingerprint density at radius 3 is 2.57 bits per heavy atom. The second-order valence-electron chi connectivity index (χ2n) is 4.80. The number of hydrogen-bond acceptors (Lipinski definition) is 6. The minimum Gasteiger partial charge on any atom is -0.460 e. The quantitative estimate of drug-likeness (QED) is 0.259. The van der Waals surface area contributed by atoms with Gasteiger partial charge in [0.25, 0.3) is 0 Å². The largest absolute Gasteiger partial charge is 0.460 e. The zero-order chi connectivity index (χ0) is 17.8. The van der Waals surface area contributed by atoms with Crippen LogP contribution in [-0.4, -0.2) is 54.0 Å². The smallest absolute Gasteiger partial charge is 0.328 e. The molecule has 0 bridgehead atoms. The van der Waals surface area contributed by atoms with E-state index in [9.17, 15) is 14.4 Å². The standard InChI is InChI=1S/C14H20N4O5/c1-9(6-7-15)23-14(21)12(5-4-11(19)8-17-16)18-13(20)10(2)22-3/h8-10,12H,4-6H2,1-3H3,(H,18,20)/t9-,10-,12+/m1/s1. The summed E-state index contributed by atoms with van der Waals surface area (Å²) < 4.78 is 9.90. The molecular formula is C14H20N4O5. The number of carbonyl (C=O) groups excluding carboxylic acids is 3. The Kier molecular flexibility index (Phi) is 9.83. The third-order valence-electron chi connectivity index (χ3n) is 2.90. The number of rotatable bonds is 10. The Bertz CT molecular complexity index is 522. The monoisotopic (exact) mass is 324 g/mol. The molecule has 1 N–H and O–H groups in total. The summed E-state index contributed by atoms with van der Waals surface area (Å²) in [4.78, 5) is 37.8. The Hall–Kier alpha value is -2.56. The lowest BCUT2D eigenvalue weighted by Crippen LogP contribution is -2.46. The van der Waals surface area contributed by atoms with Crippen LogP contribution in [-0.2, 0) is 23.9 Å². The number of methoxy groups -OCH3 is 1. The van der Waals surface area contributed by atoms with Gasteiger partial charge in [-0.25, -0.2) is 4.79 Å². The minimum absolute atomic E-state index is 0.0109. The number of ether oxygens (including phenoxy) is 2. The lowest BCUT2D eigenvalue weighted by Gasteiger charge is -2.20. The third kappa shape index (κ3) is 8.46. The number of Topliss-reactive ketones (excluding diaryl/α,β-unsaturated/α-hetero) is 1. The third-order valence-corrected chi connectivity index (χ3v) is 2.90. The zero-order valence-corrected chi connectivity index (χ0v) is 13.3. The van der Waals surface area contributed by atoms with Crippen LogP contribution < -0.4 is 5.32 Å². The first-order valence-electron chi connectivity index (χ1n) is 6.96. The van der Waals surface area contributed by atoms with E-state index in [0.29, 0.717) is 6.21 Å². The molecule has 0 heterocycles. The van der Waals surface area contributed by atoms with Crippen LogP contribution in [0.4, 0.5) is 0 Å². The van der Waals surface area contributed by atoms with Crippen molar-refractivity contribution in [3.8, 4) is 6.07 Å². The normalized spacial score (nSPS) is 13.7. The number of nitrogens with zero attached hydrogens (tertiary/aromatic N) is 3. The van der Waals surface area contributed by atoms with Crippen LogP contribution in [0.5, 0.6) is 0 Å². The van der Waals surface area contributed by atoms with Crippen LogP contribution in [0.15, 0.2) is 0 Å². The average molecular weight is 324 g/mol. The van der Waals surface area contributed by atoms with Gasteiger partial charge < -0.3 is 20.3 Å². The summed E-state index contributed by atoms with van der Waals surface area (Å²) in [7, 11) is 1.34. The van der Waals surface area contributed by atoms with Gasteiger partial charge in [0, 0.05) is 13.5 Å². The zero-order valence-electron chi connectivity index (χ0n) is 13.3. The maximum absolute atomic E-state index is 12.1. The van der Waals surface area contributed by atoms with Crippen molar-refractivity contribution < 1.29 is 28.6 Å². The number of hydrogen-bond donors (Lipinski definition) is 1. The molecule has 0 aromatic heterocycles. The molecule has 3 atom stereocenters. The minimum atomic E-state index is -1.07. The van der Waals surface area contributed by atoms with Gasteiger partial charge in [0.1, 0.15) is 18.2 Å². The molecule has 0 aliphatic rings. The van der Waals surface area contributed by atoms with Crippen molar-refractivity contribution in [1.82, 2.24) is 5.32 Å². The lowest BCUT2D eigenvalue weighted by atomic mass is 10.1. The molecule has 9 nitrogen and oxygen atoms in total. The van der Waals surface area contributed by atoms with Crippen molar-refractivity contribution in [3.05, 3.63) is 5.53 Å². The van der Waals surface area contributed by atoms with E-state index < -0.39 is 35.9 Å². The van der Waals surface area contributed by atoms with E-state index >= 15 is 0 Å². The van der Waals surface area contributed by atoms with Gasteiger partial charge >= 0.3 is 12.2 Å². The Morgan fingerprint density at radius 1 is 1.39 bits per heavy atom. The van der Waals surface area contributed by atoms with Crippen molar-refractivity contribution in [1.29, 1.82) is 5.26 Å². The molecule has 0 aliphatic heterocycles. The predicted molar refractivity (Wildman–Crippen MR) is 78.1 cm³/mol. The van der Waals surface area contributed by atoms with E-state index in [4.69, 9.17) is 20.3 Å². The summed E-state index contributed by atoms with van der Waals surface area (Å²) in [5.74, 6) is -1.80. The first kappa shape index (κ1) is 20.4. The van der Waals surface area contributed by atoms with E-state index in [1.54, 1.807) is 6.92 Å². The second kappa shape index (κ2) is 11.1. The van der Waals surface area contributed by atoms with Crippen LogP contribution >= 0.6 is 0 Å². The molecule has 0 rings (SSSR count). The van der Waals surface area contributed by atoms with Gasteiger partial charge in [-0.05, 0) is 20.3 Å². The molecule has 23 heavy (non-hydrogen) atoms. The molecule has 0 aromatic carbocycles. The van der Waals surface area contributed by atoms with Crippen molar-refractivity contribution >= 4 is 23.9 Å². The molecule has 0 aromatic rings. The molecule has 0 unspecified atom stereocenters. The summed E-state index contributed by atoms with van der Waals surface area (Å²) in [6.07, 6.45) is -0.862. The van der Waals surface area contributed by atoms with E-state index in [0.717, 1.165) is 0 Å². The summed E-state index contributed by atoms with van der Waals surface area (Å²) in [6.45, 7) is 3.04. The van der Waals surface area contributed by atoms with E-state index in [1.807, 2.05) is 6.07 Å². The van der Waals surface area contributed by atoms with E-state index in [2.05, 4.69) is 10.1 Å². The molecule has 0 spiro atoms. The fraction of sp³-hybridized carbons (Fsp3) is 0.643. The lowest BCUT2D eigenvalue weighted by molar-refractivity contribution is -0.153. The fourth-order valence-electron chi connectivity index (χ4n) is 1.51. The van der Waals surface area contributed by atoms with Crippen molar-refractivity contribution in [2.24, 2.45) is 0 Å². The van der Waals surface area contributed by atoms with E-state index in [1.165, 1.54) is 14.0 Å². The first-order chi connectivity index (χ1) is 10.8. The van der Waals surface area contributed by atoms with Gasteiger partial charge in [-0.3, -0.25) is 9.59 Å². The van der Waals surface area contributed by atoms with Crippen LogP contribution in [0.25, 0.3) is 5.53 Å². The SMILES string of the molecule is CO[C@H](C)C(=O)N[C@@H](CCC(=O)C=[N+]=[N-])C(=O)O[C@H](C)CC#N. The number of nitrogens with one attached hydrogen (secondary N) is 1. The predicted octanol–water partition coefficient (Wildman–Crippen LogP) is 0.00138. The Labute approximate surface area is 134 Å². The Balaban J connectivity index is 4.87. The van der Waals surface area contributed by atoms with Crippen LogP contribution in [0.1, 0.15) is 33.1 Å². The van der Waals surface area contributed by atoms with Crippen molar-refractivity contribution in [3.63, 3.8) is 0 Å². The van der Waals surface area contributed by atoms with Crippen LogP contribution in [0.3, 0.4) is 0 Å². The molecule has 1 amide bonds. The number of esters is 1. The number of ketones is 1. The molecule has 126 valence electrons. The number of nitriles is 1. The molecule has 0 aliphatic carbocycles. The first-order valence-corrected chi connectivity index (χ1v) is 6.96. The summed E-state index contributed by atoms with van der Waals surface area (Å²) in [6, 6.07) is 0.791. The van der Waals surface area contributed by atoms with Gasteiger partial charge in [0.15, 0.2) is 0 Å².